The monoisotopic (exact) mass is 450 g/mol. The zero-order valence-electron chi connectivity index (χ0n) is 18.4. The van der Waals surface area contributed by atoms with Crippen LogP contribution in [0.15, 0.2) is 12.3 Å². The normalized spacial score (nSPS) is 24.5. The number of nitrogens with zero attached hydrogens (tertiary/aromatic N) is 3. The molecule has 1 aliphatic carbocycles. The molecule has 1 N–H and O–H groups in total. The van der Waals surface area contributed by atoms with E-state index < -0.39 is 15.9 Å². The molecule has 1 aromatic rings. The molecule has 172 valence electrons. The number of fused-ring (bicyclic) bond motifs is 1. The first kappa shape index (κ1) is 22.3. The Balaban J connectivity index is 1.17. The molecule has 0 bridgehead atoms. The van der Waals surface area contributed by atoms with Gasteiger partial charge in [-0.2, -0.15) is 0 Å². The molecule has 4 rings (SSSR count). The number of aromatic nitrogens is 1. The summed E-state index contributed by atoms with van der Waals surface area (Å²) in [5.74, 6) is 2.50. The van der Waals surface area contributed by atoms with Crippen molar-refractivity contribution in [2.75, 3.05) is 50.0 Å². The molecule has 3 aliphatic rings. The summed E-state index contributed by atoms with van der Waals surface area (Å²) in [6.45, 7) is 7.21. The number of anilines is 1. The van der Waals surface area contributed by atoms with Gasteiger partial charge in [0.2, 0.25) is 15.9 Å². The van der Waals surface area contributed by atoms with Crippen LogP contribution in [0, 0.1) is 11.8 Å². The quantitative estimate of drug-likeness (QED) is 0.677. The van der Waals surface area contributed by atoms with Crippen LogP contribution in [0.5, 0.6) is 5.75 Å². The molecule has 0 aromatic carbocycles. The summed E-state index contributed by atoms with van der Waals surface area (Å²) < 4.78 is 31.7. The van der Waals surface area contributed by atoms with Crippen molar-refractivity contribution in [2.45, 2.75) is 45.4 Å². The highest BCUT2D eigenvalue weighted by atomic mass is 32.2. The first-order valence-corrected chi connectivity index (χ1v) is 13.1. The maximum Gasteiger partial charge on any atom is 0.235 e. The fourth-order valence-electron chi connectivity index (χ4n) is 5.18. The van der Waals surface area contributed by atoms with Crippen molar-refractivity contribution in [1.82, 2.24) is 14.6 Å². The second-order valence-corrected chi connectivity index (χ2v) is 10.9. The fourth-order valence-corrected chi connectivity index (χ4v) is 6.65. The molecule has 1 saturated heterocycles. The van der Waals surface area contributed by atoms with Gasteiger partial charge in [-0.3, -0.25) is 14.4 Å². The van der Waals surface area contributed by atoms with Gasteiger partial charge in [0.1, 0.15) is 11.6 Å². The summed E-state index contributed by atoms with van der Waals surface area (Å²) in [7, 11) is -3.48. The molecular formula is C22H34N4O4S. The number of carbonyl (C=O) groups is 1. The second-order valence-electron chi connectivity index (χ2n) is 9.15. The van der Waals surface area contributed by atoms with Crippen molar-refractivity contribution >= 4 is 21.7 Å². The van der Waals surface area contributed by atoms with Crippen LogP contribution in [0.1, 0.15) is 44.6 Å². The van der Waals surface area contributed by atoms with Crippen molar-refractivity contribution < 1.29 is 17.9 Å². The first-order valence-electron chi connectivity index (χ1n) is 11.5. The standard InChI is InChI=1S/C22H34N4O4S/c1-17(27)24-31(28,29)16-19-4-2-18(3-5-19)7-10-25-11-13-26(14-12-25)22-20-8-15-30-21(20)6-9-23-22/h6,9,18-19H,2-5,7-8,10-16H2,1H3,(H,24,27)/t18-,19-. The SMILES string of the molecule is CC(=O)NS(=O)(=O)C[C@H]1CC[C@H](CCN2CCN(c3nccc4c3CCO4)CC2)CC1. The van der Waals surface area contributed by atoms with Gasteiger partial charge in [-0.05, 0) is 43.7 Å². The van der Waals surface area contributed by atoms with Crippen LogP contribution in [-0.2, 0) is 21.2 Å². The van der Waals surface area contributed by atoms with Crippen LogP contribution in [-0.4, -0.2) is 69.3 Å². The van der Waals surface area contributed by atoms with Crippen molar-refractivity contribution in [3.8, 4) is 5.75 Å². The van der Waals surface area contributed by atoms with Gasteiger partial charge in [-0.25, -0.2) is 13.4 Å². The molecule has 8 nitrogen and oxygen atoms in total. The van der Waals surface area contributed by atoms with E-state index in [-0.39, 0.29) is 11.7 Å². The fraction of sp³-hybridized carbons (Fsp3) is 0.727. The molecule has 3 heterocycles. The maximum absolute atomic E-state index is 12.0. The molecule has 9 heteroatoms. The van der Waals surface area contributed by atoms with Gasteiger partial charge in [0.15, 0.2) is 0 Å². The van der Waals surface area contributed by atoms with Gasteiger partial charge < -0.3 is 9.64 Å². The van der Waals surface area contributed by atoms with E-state index in [0.29, 0.717) is 5.92 Å². The lowest BCUT2D eigenvalue weighted by atomic mass is 9.81. The molecule has 1 aromatic heterocycles. The molecule has 0 radical (unpaired) electrons. The minimum atomic E-state index is -3.48. The summed E-state index contributed by atoms with van der Waals surface area (Å²) in [5, 5.41) is 0. The van der Waals surface area contributed by atoms with Crippen LogP contribution in [0.25, 0.3) is 0 Å². The summed E-state index contributed by atoms with van der Waals surface area (Å²) in [5.41, 5.74) is 1.26. The Bertz CT molecular complexity index is 875. The first-order chi connectivity index (χ1) is 14.9. The number of nitrogens with one attached hydrogen (secondary N) is 1. The average molecular weight is 451 g/mol. The van der Waals surface area contributed by atoms with Gasteiger partial charge in [-0.1, -0.05) is 12.8 Å². The number of sulfonamides is 1. The van der Waals surface area contributed by atoms with E-state index in [0.717, 1.165) is 83.0 Å². The van der Waals surface area contributed by atoms with Crippen molar-refractivity contribution in [3.05, 3.63) is 17.8 Å². The molecular weight excluding hydrogens is 416 g/mol. The van der Waals surface area contributed by atoms with E-state index in [9.17, 15) is 13.2 Å². The van der Waals surface area contributed by atoms with Gasteiger partial charge in [0, 0.05) is 51.3 Å². The topological polar surface area (TPSA) is 91.8 Å². The molecule has 0 spiro atoms. The van der Waals surface area contributed by atoms with E-state index in [4.69, 9.17) is 4.74 Å². The number of piperazine rings is 1. The Labute approximate surface area is 185 Å². The highest BCUT2D eigenvalue weighted by Gasteiger charge is 2.28. The average Bonchev–Trinajstić information content (AvgIpc) is 3.21. The van der Waals surface area contributed by atoms with Gasteiger partial charge in [0.05, 0.1) is 12.4 Å². The van der Waals surface area contributed by atoms with E-state index in [1.807, 2.05) is 12.3 Å². The third-order valence-corrected chi connectivity index (χ3v) is 8.35. The third kappa shape index (κ3) is 5.88. The Morgan fingerprint density at radius 2 is 1.87 bits per heavy atom. The van der Waals surface area contributed by atoms with E-state index in [1.165, 1.54) is 18.9 Å². The smallest absolute Gasteiger partial charge is 0.235 e. The summed E-state index contributed by atoms with van der Waals surface area (Å²) in [6.07, 6.45) is 8.02. The van der Waals surface area contributed by atoms with E-state index in [2.05, 4.69) is 19.5 Å². The number of ether oxygens (including phenoxy) is 1. The summed E-state index contributed by atoms with van der Waals surface area (Å²) in [4.78, 5) is 20.6. The van der Waals surface area contributed by atoms with E-state index in [1.54, 1.807) is 0 Å². The Hall–Kier alpha value is -1.87. The zero-order chi connectivity index (χ0) is 21.8. The number of amides is 1. The largest absolute Gasteiger partial charge is 0.493 e. The van der Waals surface area contributed by atoms with Crippen molar-refractivity contribution in [2.24, 2.45) is 11.8 Å². The third-order valence-electron chi connectivity index (χ3n) is 6.85. The van der Waals surface area contributed by atoms with Crippen LogP contribution >= 0.6 is 0 Å². The molecule has 0 atom stereocenters. The number of pyridine rings is 1. The molecule has 1 saturated carbocycles. The van der Waals surface area contributed by atoms with Gasteiger partial charge >= 0.3 is 0 Å². The zero-order valence-corrected chi connectivity index (χ0v) is 19.2. The molecule has 2 fully saturated rings. The Kier molecular flexibility index (Phi) is 7.01. The summed E-state index contributed by atoms with van der Waals surface area (Å²) in [6, 6.07) is 1.96. The number of hydrogen-bond acceptors (Lipinski definition) is 7. The highest BCUT2D eigenvalue weighted by molar-refractivity contribution is 7.90. The second kappa shape index (κ2) is 9.73. The molecule has 31 heavy (non-hydrogen) atoms. The lowest BCUT2D eigenvalue weighted by molar-refractivity contribution is -0.117. The number of rotatable bonds is 7. The van der Waals surface area contributed by atoms with Crippen molar-refractivity contribution in [3.63, 3.8) is 0 Å². The lowest BCUT2D eigenvalue weighted by Crippen LogP contribution is -2.47. The minimum absolute atomic E-state index is 0.0729. The van der Waals surface area contributed by atoms with Gasteiger partial charge in [0.25, 0.3) is 0 Å². The predicted molar refractivity (Wildman–Crippen MR) is 120 cm³/mol. The molecule has 1 amide bonds. The number of carbonyl (C=O) groups excluding carboxylic acids is 1. The minimum Gasteiger partial charge on any atom is -0.493 e. The number of hydrogen-bond donors (Lipinski definition) is 1. The van der Waals surface area contributed by atoms with Crippen molar-refractivity contribution in [1.29, 1.82) is 0 Å². The van der Waals surface area contributed by atoms with Crippen LogP contribution < -0.4 is 14.4 Å². The van der Waals surface area contributed by atoms with Crippen LogP contribution in [0.3, 0.4) is 0 Å². The maximum atomic E-state index is 12.0. The Morgan fingerprint density at radius 3 is 2.58 bits per heavy atom. The molecule has 2 aliphatic heterocycles. The lowest BCUT2D eigenvalue weighted by Gasteiger charge is -2.37. The van der Waals surface area contributed by atoms with E-state index >= 15 is 0 Å². The van der Waals surface area contributed by atoms with Gasteiger partial charge in [-0.15, -0.1) is 0 Å². The van der Waals surface area contributed by atoms with Crippen LogP contribution in [0.2, 0.25) is 0 Å². The highest BCUT2D eigenvalue weighted by Crippen LogP contribution is 2.33. The van der Waals surface area contributed by atoms with Crippen LogP contribution in [0.4, 0.5) is 5.82 Å². The predicted octanol–water partition coefficient (Wildman–Crippen LogP) is 1.80. The summed E-state index contributed by atoms with van der Waals surface area (Å²) >= 11 is 0. The Morgan fingerprint density at radius 1 is 1.16 bits per heavy atom. The molecule has 0 unspecified atom stereocenters.